The molecule has 1 N–H and O–H groups in total. The van der Waals surface area contributed by atoms with Crippen LogP contribution in [-0.4, -0.2) is 52.2 Å². The van der Waals surface area contributed by atoms with Crippen molar-refractivity contribution in [3.8, 4) is 11.4 Å². The minimum absolute atomic E-state index is 0.305. The molecule has 8 nitrogen and oxygen atoms in total. The third-order valence-electron chi connectivity index (χ3n) is 4.28. The fourth-order valence-electron chi connectivity index (χ4n) is 3.07. The molecule has 1 amide bonds. The van der Waals surface area contributed by atoms with Crippen molar-refractivity contribution >= 4 is 21.6 Å². The number of nitrogens with one attached hydrogen (secondary N) is 1. The first-order valence-corrected chi connectivity index (χ1v) is 9.93. The summed E-state index contributed by atoms with van der Waals surface area (Å²) in [5, 5.41) is 10.7. The number of nitrogens with zero attached hydrogens (tertiary/aromatic N) is 4. The number of aryl methyl sites for hydroxylation is 1. The van der Waals surface area contributed by atoms with Crippen molar-refractivity contribution < 1.29 is 13.2 Å². The highest BCUT2D eigenvalue weighted by atomic mass is 32.2. The molecular weight excluding hydrogens is 342 g/mol. The van der Waals surface area contributed by atoms with Crippen molar-refractivity contribution in [2.75, 3.05) is 18.1 Å². The van der Waals surface area contributed by atoms with E-state index in [1.807, 2.05) is 19.2 Å². The summed E-state index contributed by atoms with van der Waals surface area (Å²) in [5.41, 5.74) is 1.42. The topological polar surface area (TPSA) is 97.2 Å². The second kappa shape index (κ2) is 6.93. The Hall–Kier alpha value is -2.26. The van der Waals surface area contributed by atoms with Crippen LogP contribution in [0.4, 0.5) is 5.69 Å². The number of amides is 1. The highest BCUT2D eigenvalue weighted by Gasteiger charge is 2.34. The molecule has 1 saturated heterocycles. The number of carbonyl (C=O) groups is 1. The van der Waals surface area contributed by atoms with Crippen LogP contribution in [0.15, 0.2) is 30.6 Å². The van der Waals surface area contributed by atoms with Gasteiger partial charge in [0.15, 0.2) is 5.82 Å². The van der Waals surface area contributed by atoms with Gasteiger partial charge in [-0.15, -0.1) is 10.2 Å². The Labute approximate surface area is 146 Å². The van der Waals surface area contributed by atoms with Crippen LogP contribution in [0.5, 0.6) is 0 Å². The van der Waals surface area contributed by atoms with Gasteiger partial charge in [0.2, 0.25) is 15.9 Å². The van der Waals surface area contributed by atoms with Gasteiger partial charge in [0.05, 0.1) is 6.26 Å². The standard InChI is InChI=1S/C16H21N5O3S/c1-20-11-17-19-15(20)12-6-5-7-13(10-12)18-16(22)14-8-3-4-9-21(14)25(2,23)24/h5-7,10-11,14H,3-4,8-9H2,1-2H3,(H,18,22). The van der Waals surface area contributed by atoms with Crippen LogP contribution in [0.2, 0.25) is 0 Å². The normalized spacial score (nSPS) is 18.9. The van der Waals surface area contributed by atoms with E-state index in [0.717, 1.165) is 24.7 Å². The highest BCUT2D eigenvalue weighted by molar-refractivity contribution is 7.88. The summed E-state index contributed by atoms with van der Waals surface area (Å²) in [6.45, 7) is 0.385. The molecule has 1 aliphatic heterocycles. The highest BCUT2D eigenvalue weighted by Crippen LogP contribution is 2.23. The van der Waals surface area contributed by atoms with Crippen molar-refractivity contribution in [1.29, 1.82) is 0 Å². The Bertz CT molecular complexity index is 877. The van der Waals surface area contributed by atoms with Gasteiger partial charge < -0.3 is 9.88 Å². The quantitative estimate of drug-likeness (QED) is 0.881. The van der Waals surface area contributed by atoms with Crippen LogP contribution in [0.25, 0.3) is 11.4 Å². The molecule has 1 atom stereocenters. The molecule has 1 aliphatic rings. The van der Waals surface area contributed by atoms with E-state index in [2.05, 4.69) is 15.5 Å². The monoisotopic (exact) mass is 363 g/mol. The fourth-order valence-corrected chi connectivity index (χ4v) is 4.19. The van der Waals surface area contributed by atoms with Crippen molar-refractivity contribution in [2.24, 2.45) is 7.05 Å². The molecule has 9 heteroatoms. The summed E-state index contributed by atoms with van der Waals surface area (Å²) in [6.07, 6.45) is 4.89. The Kier molecular flexibility index (Phi) is 4.87. The first-order chi connectivity index (χ1) is 11.9. The van der Waals surface area contributed by atoms with Gasteiger partial charge in [0.1, 0.15) is 12.4 Å². The van der Waals surface area contributed by atoms with E-state index in [9.17, 15) is 13.2 Å². The summed E-state index contributed by atoms with van der Waals surface area (Å²) in [4.78, 5) is 12.6. The zero-order valence-corrected chi connectivity index (χ0v) is 15.0. The van der Waals surface area contributed by atoms with Gasteiger partial charge in [-0.05, 0) is 25.0 Å². The minimum Gasteiger partial charge on any atom is -0.325 e. The van der Waals surface area contributed by atoms with E-state index in [-0.39, 0.29) is 5.91 Å². The zero-order valence-electron chi connectivity index (χ0n) is 14.2. The van der Waals surface area contributed by atoms with Gasteiger partial charge in [-0.3, -0.25) is 4.79 Å². The van der Waals surface area contributed by atoms with Crippen molar-refractivity contribution in [3.05, 3.63) is 30.6 Å². The van der Waals surface area contributed by atoms with Crippen LogP contribution >= 0.6 is 0 Å². The first-order valence-electron chi connectivity index (χ1n) is 8.08. The number of anilines is 1. The Morgan fingerprint density at radius 3 is 2.80 bits per heavy atom. The third kappa shape index (κ3) is 3.88. The molecule has 0 saturated carbocycles. The summed E-state index contributed by atoms with van der Waals surface area (Å²) in [6, 6.07) is 6.60. The predicted molar refractivity (Wildman–Crippen MR) is 94.3 cm³/mol. The Morgan fingerprint density at radius 1 is 1.32 bits per heavy atom. The lowest BCUT2D eigenvalue weighted by molar-refractivity contribution is -0.120. The van der Waals surface area contributed by atoms with E-state index in [0.29, 0.717) is 24.5 Å². The molecule has 1 fully saturated rings. The lowest BCUT2D eigenvalue weighted by Gasteiger charge is -2.32. The molecule has 134 valence electrons. The van der Waals surface area contributed by atoms with E-state index >= 15 is 0 Å². The lowest BCUT2D eigenvalue weighted by Crippen LogP contribution is -2.49. The van der Waals surface area contributed by atoms with E-state index in [4.69, 9.17) is 0 Å². The number of carbonyl (C=O) groups excluding carboxylic acids is 1. The van der Waals surface area contributed by atoms with Gasteiger partial charge in [-0.2, -0.15) is 4.31 Å². The maximum absolute atomic E-state index is 12.6. The zero-order chi connectivity index (χ0) is 18.0. The van der Waals surface area contributed by atoms with Gasteiger partial charge in [0, 0.05) is 24.8 Å². The predicted octanol–water partition coefficient (Wildman–Crippen LogP) is 1.23. The second-order valence-electron chi connectivity index (χ2n) is 6.22. The molecular formula is C16H21N5O3S. The maximum atomic E-state index is 12.6. The molecule has 0 spiro atoms. The second-order valence-corrected chi connectivity index (χ2v) is 8.16. The van der Waals surface area contributed by atoms with Gasteiger partial charge in [-0.25, -0.2) is 8.42 Å². The van der Waals surface area contributed by atoms with E-state index < -0.39 is 16.1 Å². The van der Waals surface area contributed by atoms with Crippen molar-refractivity contribution in [1.82, 2.24) is 19.1 Å². The number of sulfonamides is 1. The average molecular weight is 363 g/mol. The lowest BCUT2D eigenvalue weighted by atomic mass is 10.0. The molecule has 2 heterocycles. The van der Waals surface area contributed by atoms with E-state index in [1.54, 1.807) is 23.0 Å². The molecule has 2 aromatic rings. The average Bonchev–Trinajstić information content (AvgIpc) is 3.00. The first kappa shape index (κ1) is 17.6. The number of rotatable bonds is 4. The van der Waals surface area contributed by atoms with Crippen LogP contribution in [-0.2, 0) is 21.9 Å². The molecule has 0 bridgehead atoms. The maximum Gasteiger partial charge on any atom is 0.242 e. The molecule has 0 aliphatic carbocycles. The molecule has 1 aromatic carbocycles. The van der Waals surface area contributed by atoms with Crippen molar-refractivity contribution in [2.45, 2.75) is 25.3 Å². The number of hydrogen-bond acceptors (Lipinski definition) is 5. The largest absolute Gasteiger partial charge is 0.325 e. The summed E-state index contributed by atoms with van der Waals surface area (Å²) < 4.78 is 26.9. The Morgan fingerprint density at radius 2 is 2.12 bits per heavy atom. The minimum atomic E-state index is -3.41. The van der Waals surface area contributed by atoms with Crippen LogP contribution in [0, 0.1) is 0 Å². The Balaban J connectivity index is 1.80. The van der Waals surface area contributed by atoms with Crippen LogP contribution < -0.4 is 5.32 Å². The van der Waals surface area contributed by atoms with Gasteiger partial charge >= 0.3 is 0 Å². The van der Waals surface area contributed by atoms with Crippen molar-refractivity contribution in [3.63, 3.8) is 0 Å². The third-order valence-corrected chi connectivity index (χ3v) is 5.57. The molecule has 1 aromatic heterocycles. The van der Waals surface area contributed by atoms with E-state index in [1.165, 1.54) is 4.31 Å². The summed E-state index contributed by atoms with van der Waals surface area (Å²) in [7, 11) is -1.57. The smallest absolute Gasteiger partial charge is 0.242 e. The number of aromatic nitrogens is 3. The number of benzene rings is 1. The fraction of sp³-hybridized carbons (Fsp3) is 0.438. The molecule has 0 radical (unpaired) electrons. The van der Waals surface area contributed by atoms with Crippen LogP contribution in [0.1, 0.15) is 19.3 Å². The van der Waals surface area contributed by atoms with Crippen LogP contribution in [0.3, 0.4) is 0 Å². The van der Waals surface area contributed by atoms with Gasteiger partial charge in [-0.1, -0.05) is 18.6 Å². The summed E-state index contributed by atoms with van der Waals surface area (Å²) >= 11 is 0. The number of hydrogen-bond donors (Lipinski definition) is 1. The summed E-state index contributed by atoms with van der Waals surface area (Å²) in [5.74, 6) is 0.381. The molecule has 25 heavy (non-hydrogen) atoms. The number of piperidine rings is 1. The molecule has 3 rings (SSSR count). The SMILES string of the molecule is Cn1cnnc1-c1cccc(NC(=O)C2CCCCN2S(C)(=O)=O)c1. The molecule has 1 unspecified atom stereocenters. The van der Waals surface area contributed by atoms with Gasteiger partial charge in [0.25, 0.3) is 0 Å².